The quantitative estimate of drug-likeness (QED) is 0.659. The Balaban J connectivity index is 2.07. The number of aromatic amines is 1. The lowest BCUT2D eigenvalue weighted by molar-refractivity contribution is 0.187. The fourth-order valence-corrected chi connectivity index (χ4v) is 3.00. The van der Waals surface area contributed by atoms with Gasteiger partial charge in [-0.1, -0.05) is 0 Å². The molecule has 10 heteroatoms. The van der Waals surface area contributed by atoms with Gasteiger partial charge in [-0.05, 0) is 30.9 Å². The number of rotatable bonds is 4. The van der Waals surface area contributed by atoms with Gasteiger partial charge in [-0.15, -0.1) is 0 Å². The van der Waals surface area contributed by atoms with Gasteiger partial charge in [0, 0.05) is 6.07 Å². The van der Waals surface area contributed by atoms with Crippen LogP contribution < -0.4 is 10.9 Å². The Morgan fingerprint density at radius 1 is 1.31 bits per heavy atom. The van der Waals surface area contributed by atoms with Crippen LogP contribution in [0.25, 0.3) is 16.7 Å². The van der Waals surface area contributed by atoms with E-state index in [-0.39, 0.29) is 17.6 Å². The highest BCUT2D eigenvalue weighted by molar-refractivity contribution is 5.79. The smallest absolute Gasteiger partial charge is 0.405 e. The molecule has 2 heterocycles. The Kier molecular flexibility index (Phi) is 3.67. The zero-order chi connectivity index (χ0) is 18.4. The van der Waals surface area contributed by atoms with E-state index >= 15 is 0 Å². The number of hydrogen-bond donors (Lipinski definition) is 3. The van der Waals surface area contributed by atoms with E-state index in [1.54, 1.807) is 0 Å². The molecule has 0 radical (unpaired) electrons. The van der Waals surface area contributed by atoms with Crippen LogP contribution in [-0.2, 0) is 0 Å². The first-order chi connectivity index (χ1) is 12.5. The van der Waals surface area contributed by atoms with Gasteiger partial charge in [-0.3, -0.25) is 9.89 Å². The molecule has 1 amide bonds. The Labute approximate surface area is 144 Å². The van der Waals surface area contributed by atoms with Crippen molar-refractivity contribution < 1.29 is 18.7 Å². The van der Waals surface area contributed by atoms with Crippen molar-refractivity contribution in [1.29, 1.82) is 0 Å². The number of fused-ring (bicyclic) bond motifs is 1. The van der Waals surface area contributed by atoms with Crippen LogP contribution in [0.4, 0.5) is 13.6 Å². The monoisotopic (exact) mass is 361 g/mol. The second-order valence-electron chi connectivity index (χ2n) is 6.07. The minimum absolute atomic E-state index is 0.0128. The van der Waals surface area contributed by atoms with Gasteiger partial charge in [-0.25, -0.2) is 23.1 Å². The van der Waals surface area contributed by atoms with E-state index in [0.29, 0.717) is 0 Å². The summed E-state index contributed by atoms with van der Waals surface area (Å²) in [6, 6.07) is 2.35. The highest BCUT2D eigenvalue weighted by Gasteiger charge is 2.37. The second-order valence-corrected chi connectivity index (χ2v) is 6.07. The van der Waals surface area contributed by atoms with Crippen LogP contribution in [0, 0.1) is 17.6 Å². The first kappa shape index (κ1) is 16.2. The van der Waals surface area contributed by atoms with Gasteiger partial charge < -0.3 is 10.4 Å². The van der Waals surface area contributed by atoms with Crippen molar-refractivity contribution in [2.24, 2.45) is 5.92 Å². The van der Waals surface area contributed by atoms with Gasteiger partial charge >= 0.3 is 6.09 Å². The average Bonchev–Trinajstić information content (AvgIpc) is 3.30. The Hall–Kier alpha value is -3.30. The summed E-state index contributed by atoms with van der Waals surface area (Å²) in [5.74, 6) is -1.68. The Morgan fingerprint density at radius 2 is 2.04 bits per heavy atom. The lowest BCUT2D eigenvalue weighted by Crippen LogP contribution is -2.35. The van der Waals surface area contributed by atoms with Crippen LogP contribution in [-0.4, -0.2) is 30.9 Å². The SMILES string of the molecule is O=C(O)NC(c1nc2c(F)ccc(F)c2c(=O)n1-c1ccn[nH]1)C1CC1. The maximum atomic E-state index is 14.2. The highest BCUT2D eigenvalue weighted by Crippen LogP contribution is 2.41. The zero-order valence-corrected chi connectivity index (χ0v) is 13.2. The molecule has 1 fully saturated rings. The topological polar surface area (TPSA) is 113 Å². The summed E-state index contributed by atoms with van der Waals surface area (Å²) in [7, 11) is 0. The molecule has 0 spiro atoms. The molecule has 26 heavy (non-hydrogen) atoms. The van der Waals surface area contributed by atoms with Crippen LogP contribution in [0.1, 0.15) is 24.7 Å². The number of benzene rings is 1. The maximum Gasteiger partial charge on any atom is 0.405 e. The van der Waals surface area contributed by atoms with Gasteiger partial charge in [0.1, 0.15) is 34.2 Å². The minimum Gasteiger partial charge on any atom is -0.465 e. The predicted octanol–water partition coefficient (Wildman–Crippen LogP) is 2.11. The van der Waals surface area contributed by atoms with Crippen LogP contribution in [0.3, 0.4) is 0 Å². The molecule has 1 aromatic carbocycles. The molecular formula is C16H13F2N5O3. The predicted molar refractivity (Wildman–Crippen MR) is 86.0 cm³/mol. The third kappa shape index (κ3) is 2.59. The number of nitrogens with zero attached hydrogens (tertiary/aromatic N) is 3. The fourth-order valence-electron chi connectivity index (χ4n) is 3.00. The number of carbonyl (C=O) groups is 1. The molecule has 0 saturated heterocycles. The molecule has 8 nitrogen and oxygen atoms in total. The number of halogens is 2. The third-order valence-electron chi connectivity index (χ3n) is 4.33. The maximum absolute atomic E-state index is 14.2. The molecular weight excluding hydrogens is 348 g/mol. The summed E-state index contributed by atoms with van der Waals surface area (Å²) >= 11 is 0. The van der Waals surface area contributed by atoms with E-state index < -0.39 is 40.2 Å². The molecule has 0 bridgehead atoms. The number of hydrogen-bond acceptors (Lipinski definition) is 4. The lowest BCUT2D eigenvalue weighted by atomic mass is 10.1. The molecule has 1 unspecified atom stereocenters. The number of carboxylic acid groups (broad SMARTS) is 1. The molecule has 1 aliphatic rings. The van der Waals surface area contributed by atoms with Crippen LogP contribution in [0.15, 0.2) is 29.2 Å². The number of amides is 1. The van der Waals surface area contributed by atoms with Crippen molar-refractivity contribution in [3.05, 3.63) is 52.2 Å². The molecule has 1 atom stereocenters. The first-order valence-electron chi connectivity index (χ1n) is 7.87. The van der Waals surface area contributed by atoms with Crippen molar-refractivity contribution in [3.8, 4) is 5.82 Å². The molecule has 3 aromatic rings. The van der Waals surface area contributed by atoms with E-state index in [1.807, 2.05) is 0 Å². The molecule has 134 valence electrons. The molecule has 1 saturated carbocycles. The van der Waals surface area contributed by atoms with Gasteiger partial charge in [0.2, 0.25) is 0 Å². The van der Waals surface area contributed by atoms with Crippen LogP contribution in [0.2, 0.25) is 0 Å². The summed E-state index contributed by atoms with van der Waals surface area (Å²) in [5, 5.41) is 17.3. The summed E-state index contributed by atoms with van der Waals surface area (Å²) < 4.78 is 29.5. The Morgan fingerprint density at radius 3 is 2.65 bits per heavy atom. The first-order valence-corrected chi connectivity index (χ1v) is 7.87. The fraction of sp³-hybridized carbons (Fsp3) is 0.250. The number of nitrogens with one attached hydrogen (secondary N) is 2. The van der Waals surface area contributed by atoms with Gasteiger partial charge in [-0.2, -0.15) is 5.10 Å². The van der Waals surface area contributed by atoms with E-state index in [9.17, 15) is 18.4 Å². The average molecular weight is 361 g/mol. The lowest BCUT2D eigenvalue weighted by Gasteiger charge is -2.20. The molecule has 2 aromatic heterocycles. The van der Waals surface area contributed by atoms with E-state index in [0.717, 1.165) is 29.5 Å². The number of aromatic nitrogens is 4. The van der Waals surface area contributed by atoms with Crippen LogP contribution in [0.5, 0.6) is 0 Å². The minimum atomic E-state index is -1.30. The molecule has 3 N–H and O–H groups in total. The number of H-pyrrole nitrogens is 1. The largest absolute Gasteiger partial charge is 0.465 e. The normalized spacial score (nSPS) is 15.2. The summed E-state index contributed by atoms with van der Waals surface area (Å²) in [5.41, 5.74) is -1.28. The molecule has 4 rings (SSSR count). The van der Waals surface area contributed by atoms with E-state index in [4.69, 9.17) is 5.11 Å². The van der Waals surface area contributed by atoms with Gasteiger partial charge in [0.15, 0.2) is 0 Å². The summed E-state index contributed by atoms with van der Waals surface area (Å²) in [4.78, 5) is 28.3. The van der Waals surface area contributed by atoms with Gasteiger partial charge in [0.25, 0.3) is 5.56 Å². The molecule has 1 aliphatic carbocycles. The molecule has 0 aliphatic heterocycles. The zero-order valence-electron chi connectivity index (χ0n) is 13.2. The second kappa shape index (κ2) is 5.90. The summed E-state index contributed by atoms with van der Waals surface area (Å²) in [6.07, 6.45) is 1.54. The van der Waals surface area contributed by atoms with Crippen molar-refractivity contribution in [2.45, 2.75) is 18.9 Å². The standard InChI is InChI=1S/C16H13F2N5O3/c17-8-3-4-9(18)13-11(8)15(24)23(10-5-6-19-22-10)14(20-13)12(7-1-2-7)21-16(25)26/h3-7,12,21H,1-2H2,(H,19,22)(H,25,26). The van der Waals surface area contributed by atoms with Crippen LogP contribution >= 0.6 is 0 Å². The van der Waals surface area contributed by atoms with Crippen molar-refractivity contribution in [2.75, 3.05) is 0 Å². The van der Waals surface area contributed by atoms with Crippen molar-refractivity contribution >= 4 is 17.0 Å². The van der Waals surface area contributed by atoms with E-state index in [1.165, 1.54) is 12.3 Å². The third-order valence-corrected chi connectivity index (χ3v) is 4.33. The summed E-state index contributed by atoms with van der Waals surface area (Å²) in [6.45, 7) is 0. The Bertz CT molecular complexity index is 1060. The van der Waals surface area contributed by atoms with E-state index in [2.05, 4.69) is 20.5 Å². The highest BCUT2D eigenvalue weighted by atomic mass is 19.1. The van der Waals surface area contributed by atoms with Crippen molar-refractivity contribution in [3.63, 3.8) is 0 Å². The van der Waals surface area contributed by atoms with Crippen molar-refractivity contribution in [1.82, 2.24) is 25.1 Å². The van der Waals surface area contributed by atoms with Gasteiger partial charge in [0.05, 0.1) is 12.2 Å².